The summed E-state index contributed by atoms with van der Waals surface area (Å²) in [6, 6.07) is 36.0. The highest BCUT2D eigenvalue weighted by molar-refractivity contribution is 6.50. The monoisotopic (exact) mass is 1300 g/mol. The first-order chi connectivity index (χ1) is 46.9. The highest BCUT2D eigenvalue weighted by atomic mass is 16.3. The van der Waals surface area contributed by atoms with Crippen molar-refractivity contribution >= 4 is 77.8 Å². The third-order valence-corrected chi connectivity index (χ3v) is 22.4. The largest absolute Gasteiger partial charge is 0.455 e. The Morgan fingerprint density at radius 3 is 1.21 bits per heavy atom. The van der Waals surface area contributed by atoms with E-state index < -0.39 is 0 Å². The van der Waals surface area contributed by atoms with Gasteiger partial charge in [-0.05, 0) is 118 Å². The summed E-state index contributed by atoms with van der Waals surface area (Å²) in [4.78, 5) is 36.8. The lowest BCUT2D eigenvalue weighted by Crippen LogP contribution is -2.34. The fourth-order valence-electron chi connectivity index (χ4n) is 16.3. The zero-order valence-corrected chi connectivity index (χ0v) is 62.3. The van der Waals surface area contributed by atoms with Gasteiger partial charge in [0.15, 0.2) is 0 Å². The molecule has 1 aromatic heterocycles. The molecule has 6 aromatic carbocycles. The van der Waals surface area contributed by atoms with Crippen LogP contribution in [0.2, 0.25) is 0 Å². The lowest BCUT2D eigenvalue weighted by atomic mass is 9.84. The first-order valence-corrected chi connectivity index (χ1v) is 40.3. The molecular weight excluding hydrogens is 1170 g/mol. The zero-order chi connectivity index (χ0) is 67.7. The molecule has 0 saturated heterocycles. The highest BCUT2D eigenvalue weighted by Crippen LogP contribution is 2.50. The summed E-state index contributed by atoms with van der Waals surface area (Å²) in [5.74, 6) is 1.09. The second-order valence-electron chi connectivity index (χ2n) is 31.5. The molecule has 9 rings (SSSR count). The maximum absolute atomic E-state index is 16.4. The smallest absolute Gasteiger partial charge is 0.259 e. The van der Waals surface area contributed by atoms with E-state index in [1.54, 1.807) is 0 Å². The molecule has 0 aliphatic carbocycles. The number of furan rings is 1. The summed E-state index contributed by atoms with van der Waals surface area (Å²) in [5, 5.41) is 6.99. The van der Waals surface area contributed by atoms with Crippen LogP contribution in [0.4, 0.5) is 11.4 Å². The molecule has 0 bridgehead atoms. The summed E-state index contributed by atoms with van der Waals surface area (Å²) in [7, 11) is 0. The number of rotatable bonds is 46. The van der Waals surface area contributed by atoms with Crippen molar-refractivity contribution in [2.75, 3.05) is 22.9 Å². The van der Waals surface area contributed by atoms with Gasteiger partial charge in [0.25, 0.3) is 11.8 Å². The van der Waals surface area contributed by atoms with Crippen molar-refractivity contribution in [1.29, 1.82) is 0 Å². The van der Waals surface area contributed by atoms with Crippen LogP contribution in [0, 0.1) is 11.8 Å². The molecule has 0 spiro atoms. The van der Waals surface area contributed by atoms with Crippen LogP contribution >= 0.6 is 0 Å². The minimum atomic E-state index is -0.0168. The topological polar surface area (TPSA) is 53.8 Å². The number of fused-ring (bicyclic) bond motifs is 10. The molecule has 7 aromatic rings. The Labute approximate surface area is 584 Å². The van der Waals surface area contributed by atoms with E-state index in [2.05, 4.69) is 169 Å². The van der Waals surface area contributed by atoms with E-state index in [4.69, 9.17) is 4.42 Å². The number of anilines is 2. The second kappa shape index (κ2) is 38.6. The molecule has 0 radical (unpaired) electrons. The highest BCUT2D eigenvalue weighted by Gasteiger charge is 2.43. The minimum Gasteiger partial charge on any atom is -0.455 e. The van der Waals surface area contributed by atoms with Crippen LogP contribution in [-0.4, -0.2) is 24.9 Å². The molecular formula is C91H130N2O3. The van der Waals surface area contributed by atoms with Crippen LogP contribution in [0.1, 0.15) is 347 Å². The van der Waals surface area contributed by atoms with E-state index in [0.29, 0.717) is 42.0 Å². The number of carbonyl (C=O) groups is 2. The van der Waals surface area contributed by atoms with Crippen LogP contribution in [0.25, 0.3) is 65.8 Å². The minimum absolute atomic E-state index is 0.00210. The summed E-state index contributed by atoms with van der Waals surface area (Å²) in [6.07, 6.45) is 51.7. The van der Waals surface area contributed by atoms with Crippen molar-refractivity contribution in [2.45, 2.75) is 330 Å². The SMILES string of the molecule is CCCCCCCCCCCCC(CCCCCCCCCC)CN1C(=O)/C(=C2/C(=O)N(CC(CCCCCCCCCC)CCCCCCCCCCCC)c3cc(C(C)C)ccc32)c2ccc(-c3ccc4c5ccc(C(C)(C)C)cc5c5oc6ccccc6c5c4c3)cc21. The number of hydrogen-bond acceptors (Lipinski definition) is 3. The fourth-order valence-corrected chi connectivity index (χ4v) is 16.3. The van der Waals surface area contributed by atoms with Gasteiger partial charge in [-0.15, -0.1) is 0 Å². The van der Waals surface area contributed by atoms with Crippen molar-refractivity contribution in [3.05, 3.63) is 119 Å². The molecule has 2 amide bonds. The molecule has 2 aliphatic rings. The molecule has 0 saturated carbocycles. The van der Waals surface area contributed by atoms with Gasteiger partial charge in [0.05, 0.1) is 22.5 Å². The van der Waals surface area contributed by atoms with Gasteiger partial charge in [0.1, 0.15) is 11.2 Å². The lowest BCUT2D eigenvalue weighted by molar-refractivity contribution is -0.114. The van der Waals surface area contributed by atoms with Crippen LogP contribution in [0.5, 0.6) is 0 Å². The van der Waals surface area contributed by atoms with Gasteiger partial charge in [-0.3, -0.25) is 9.59 Å². The zero-order valence-electron chi connectivity index (χ0n) is 62.3. The number of amides is 2. The molecule has 2 unspecified atom stereocenters. The third kappa shape index (κ3) is 20.0. The predicted octanol–water partition coefficient (Wildman–Crippen LogP) is 28.5. The van der Waals surface area contributed by atoms with Crippen LogP contribution in [0.3, 0.4) is 0 Å². The number of hydrogen-bond donors (Lipinski definition) is 0. The van der Waals surface area contributed by atoms with E-state index in [0.717, 1.165) is 86.6 Å². The van der Waals surface area contributed by atoms with Gasteiger partial charge in [0, 0.05) is 40.4 Å². The van der Waals surface area contributed by atoms with Gasteiger partial charge in [-0.2, -0.15) is 0 Å². The summed E-state index contributed by atoms with van der Waals surface area (Å²) in [5.41, 5.74) is 11.5. The first-order valence-electron chi connectivity index (χ1n) is 40.3. The fraction of sp³-hybridized carbons (Fsp3) is 0.604. The normalized spacial score (nSPS) is 14.9. The molecule has 5 heteroatoms. The third-order valence-electron chi connectivity index (χ3n) is 22.4. The number of carbonyl (C=O) groups excluding carboxylic acids is 2. The standard InChI is InChI=1S/C91H130N2O3/c1-10-14-18-22-26-30-32-36-40-44-49-69(48-42-38-34-28-24-20-16-12-3)66-92-82-63-71(68(5)6)54-59-77(82)86(89(92)94)87-78-60-56-73(72-55-58-75-76-61-57-74(91(7,8)9)65-81(76)88-85(80(75)62-72)79-52-46-47-53-84(79)96-88)64-83(78)93(90(87)95)67-70(50-43-39-35-29-25-21-17-13-4)51-45-41-37-33-31-27-23-19-15-11-2/h46-47,52-65,68-70H,10-45,48-51,66-67H2,1-9H3/b87-86+. The number of benzene rings is 6. The van der Waals surface area contributed by atoms with E-state index in [1.165, 1.54) is 258 Å². The van der Waals surface area contributed by atoms with Gasteiger partial charge >= 0.3 is 0 Å². The maximum Gasteiger partial charge on any atom is 0.259 e. The van der Waals surface area contributed by atoms with Gasteiger partial charge in [0.2, 0.25) is 0 Å². The van der Waals surface area contributed by atoms with Crippen LogP contribution in [0.15, 0.2) is 101 Å². The molecule has 0 fully saturated rings. The number of unbranched alkanes of at least 4 members (excludes halogenated alkanes) is 32. The molecule has 5 nitrogen and oxygen atoms in total. The van der Waals surface area contributed by atoms with Crippen LogP contribution < -0.4 is 9.80 Å². The Hall–Kier alpha value is -5.68. The molecule has 522 valence electrons. The molecule has 2 aliphatic heterocycles. The average Bonchev–Trinajstić information content (AvgIpc) is 1.50. The molecule has 0 N–H and O–H groups in total. The summed E-state index contributed by atoms with van der Waals surface area (Å²) < 4.78 is 6.89. The van der Waals surface area contributed by atoms with E-state index in [1.807, 2.05) is 0 Å². The van der Waals surface area contributed by atoms with Gasteiger partial charge in [-0.25, -0.2) is 0 Å². The molecule has 3 heterocycles. The number of nitrogens with zero attached hydrogens (tertiary/aromatic N) is 2. The van der Waals surface area contributed by atoms with Crippen molar-refractivity contribution in [1.82, 2.24) is 0 Å². The van der Waals surface area contributed by atoms with E-state index in [9.17, 15) is 0 Å². The average molecular weight is 1300 g/mol. The van der Waals surface area contributed by atoms with E-state index in [-0.39, 0.29) is 17.2 Å². The Kier molecular flexibility index (Phi) is 30.0. The first kappa shape index (κ1) is 74.5. The Bertz CT molecular complexity index is 3570. The predicted molar refractivity (Wildman–Crippen MR) is 419 cm³/mol. The maximum atomic E-state index is 16.4. The van der Waals surface area contributed by atoms with Crippen molar-refractivity contribution < 1.29 is 14.0 Å². The van der Waals surface area contributed by atoms with Crippen LogP contribution in [-0.2, 0) is 15.0 Å². The molecule has 2 atom stereocenters. The van der Waals surface area contributed by atoms with Crippen molar-refractivity contribution in [3.8, 4) is 11.1 Å². The Morgan fingerprint density at radius 2 is 0.760 bits per heavy atom. The summed E-state index contributed by atoms with van der Waals surface area (Å²) >= 11 is 0. The van der Waals surface area contributed by atoms with Gasteiger partial charge in [-0.1, -0.05) is 360 Å². The summed E-state index contributed by atoms with van der Waals surface area (Å²) in [6.45, 7) is 22.0. The van der Waals surface area contributed by atoms with E-state index >= 15 is 9.59 Å². The quantitative estimate of drug-likeness (QED) is 0.0217. The van der Waals surface area contributed by atoms with Crippen molar-refractivity contribution in [2.24, 2.45) is 11.8 Å². The Morgan fingerprint density at radius 1 is 0.375 bits per heavy atom. The second-order valence-corrected chi connectivity index (χ2v) is 31.5. The Balaban J connectivity index is 1.09. The number of para-hydroxylation sites is 1. The van der Waals surface area contributed by atoms with Crippen molar-refractivity contribution in [3.63, 3.8) is 0 Å². The van der Waals surface area contributed by atoms with Gasteiger partial charge < -0.3 is 14.2 Å². The lowest BCUT2D eigenvalue weighted by Gasteiger charge is -2.26. The molecule has 96 heavy (non-hydrogen) atoms.